The van der Waals surface area contributed by atoms with Crippen LogP contribution in [0.15, 0.2) is 50.7 Å². The standard InChI is InChI=1S/C15H14BrNOS/c1-10-6-12(16)8-17(15(10)18)7-11-9-19-14-5-3-2-4-13(11)14/h2-6,8,11H,7,9H2,1H3. The second kappa shape index (κ2) is 5.17. The highest BCUT2D eigenvalue weighted by Crippen LogP contribution is 2.39. The molecule has 98 valence electrons. The Morgan fingerprint density at radius 1 is 1.42 bits per heavy atom. The average molecular weight is 336 g/mol. The van der Waals surface area contributed by atoms with Crippen LogP contribution in [0.3, 0.4) is 0 Å². The highest BCUT2D eigenvalue weighted by Gasteiger charge is 2.23. The summed E-state index contributed by atoms with van der Waals surface area (Å²) in [6.07, 6.45) is 1.89. The molecular formula is C15H14BrNOS. The molecule has 1 unspecified atom stereocenters. The van der Waals surface area contributed by atoms with E-state index in [9.17, 15) is 4.79 Å². The van der Waals surface area contributed by atoms with Crippen molar-refractivity contribution in [2.75, 3.05) is 5.75 Å². The Balaban J connectivity index is 1.94. The lowest BCUT2D eigenvalue weighted by Gasteiger charge is -2.14. The SMILES string of the molecule is Cc1cc(Br)cn(CC2CSc3ccccc32)c1=O. The minimum Gasteiger partial charge on any atom is -0.314 e. The van der Waals surface area contributed by atoms with Crippen molar-refractivity contribution in [2.24, 2.45) is 0 Å². The van der Waals surface area contributed by atoms with Gasteiger partial charge in [-0.3, -0.25) is 4.79 Å². The Morgan fingerprint density at radius 2 is 2.21 bits per heavy atom. The molecule has 0 aliphatic carbocycles. The van der Waals surface area contributed by atoms with E-state index in [2.05, 4.69) is 40.2 Å². The van der Waals surface area contributed by atoms with E-state index in [4.69, 9.17) is 0 Å². The van der Waals surface area contributed by atoms with Gasteiger partial charge < -0.3 is 4.57 Å². The maximum atomic E-state index is 12.2. The molecule has 0 saturated heterocycles. The summed E-state index contributed by atoms with van der Waals surface area (Å²) in [5, 5.41) is 0. The predicted molar refractivity (Wildman–Crippen MR) is 83.0 cm³/mol. The summed E-state index contributed by atoms with van der Waals surface area (Å²) in [5.41, 5.74) is 2.27. The number of pyridine rings is 1. The second-order valence-electron chi connectivity index (χ2n) is 4.84. The van der Waals surface area contributed by atoms with Crippen molar-refractivity contribution in [3.63, 3.8) is 0 Å². The third kappa shape index (κ3) is 2.51. The van der Waals surface area contributed by atoms with Gasteiger partial charge in [0.2, 0.25) is 0 Å². The Morgan fingerprint density at radius 3 is 3.05 bits per heavy atom. The minimum atomic E-state index is 0.109. The maximum Gasteiger partial charge on any atom is 0.253 e. The van der Waals surface area contributed by atoms with Gasteiger partial charge >= 0.3 is 0 Å². The maximum absolute atomic E-state index is 12.2. The molecule has 0 N–H and O–H groups in total. The van der Waals surface area contributed by atoms with E-state index in [1.165, 1.54) is 10.5 Å². The second-order valence-corrected chi connectivity index (χ2v) is 6.82. The molecule has 3 rings (SSSR count). The fourth-order valence-electron chi connectivity index (χ4n) is 2.49. The van der Waals surface area contributed by atoms with Crippen LogP contribution in [0.4, 0.5) is 0 Å². The highest BCUT2D eigenvalue weighted by atomic mass is 79.9. The zero-order chi connectivity index (χ0) is 13.4. The van der Waals surface area contributed by atoms with Gasteiger partial charge in [-0.25, -0.2) is 0 Å². The number of fused-ring (bicyclic) bond motifs is 1. The summed E-state index contributed by atoms with van der Waals surface area (Å²) < 4.78 is 2.79. The number of thioether (sulfide) groups is 1. The van der Waals surface area contributed by atoms with Crippen molar-refractivity contribution in [3.8, 4) is 0 Å². The first-order valence-corrected chi connectivity index (χ1v) is 8.01. The van der Waals surface area contributed by atoms with E-state index in [1.54, 1.807) is 0 Å². The number of aromatic nitrogens is 1. The van der Waals surface area contributed by atoms with Crippen LogP contribution in [0.25, 0.3) is 0 Å². The van der Waals surface area contributed by atoms with Gasteiger partial charge in [-0.05, 0) is 40.5 Å². The Kier molecular flexibility index (Phi) is 3.54. The van der Waals surface area contributed by atoms with Gasteiger partial charge in [0.05, 0.1) is 0 Å². The van der Waals surface area contributed by atoms with E-state index in [0.29, 0.717) is 5.92 Å². The zero-order valence-corrected chi connectivity index (χ0v) is 13.0. The summed E-state index contributed by atoms with van der Waals surface area (Å²) in [4.78, 5) is 13.5. The molecule has 2 heterocycles. The van der Waals surface area contributed by atoms with Crippen molar-refractivity contribution in [2.45, 2.75) is 24.3 Å². The van der Waals surface area contributed by atoms with E-state index in [1.807, 2.05) is 35.5 Å². The van der Waals surface area contributed by atoms with Crippen molar-refractivity contribution >= 4 is 27.7 Å². The molecule has 0 saturated carbocycles. The Bertz CT molecular complexity index is 680. The number of nitrogens with zero attached hydrogens (tertiary/aromatic N) is 1. The van der Waals surface area contributed by atoms with E-state index >= 15 is 0 Å². The summed E-state index contributed by atoms with van der Waals surface area (Å²) in [6, 6.07) is 10.4. The molecular weight excluding hydrogens is 322 g/mol. The van der Waals surface area contributed by atoms with Crippen LogP contribution in [0, 0.1) is 6.92 Å². The van der Waals surface area contributed by atoms with Crippen molar-refractivity contribution in [1.29, 1.82) is 0 Å². The lowest BCUT2D eigenvalue weighted by Crippen LogP contribution is -2.24. The van der Waals surface area contributed by atoms with Crippen LogP contribution in [0.5, 0.6) is 0 Å². The van der Waals surface area contributed by atoms with Gasteiger partial charge in [0.1, 0.15) is 0 Å². The van der Waals surface area contributed by atoms with E-state index in [-0.39, 0.29) is 5.56 Å². The van der Waals surface area contributed by atoms with Gasteiger partial charge in [-0.15, -0.1) is 11.8 Å². The Labute approximate surface area is 125 Å². The lowest BCUT2D eigenvalue weighted by atomic mass is 10.0. The van der Waals surface area contributed by atoms with Gasteiger partial charge in [-0.1, -0.05) is 18.2 Å². The molecule has 19 heavy (non-hydrogen) atoms. The third-order valence-electron chi connectivity index (χ3n) is 3.45. The average Bonchev–Trinajstić information content (AvgIpc) is 2.79. The van der Waals surface area contributed by atoms with Gasteiger partial charge in [-0.2, -0.15) is 0 Å². The van der Waals surface area contributed by atoms with Crippen molar-refractivity contribution in [3.05, 3.63) is 62.5 Å². The normalized spacial score (nSPS) is 17.5. The fourth-order valence-corrected chi connectivity index (χ4v) is 4.33. The topological polar surface area (TPSA) is 22.0 Å². The molecule has 0 fully saturated rings. The molecule has 0 radical (unpaired) electrons. The largest absolute Gasteiger partial charge is 0.314 e. The molecule has 1 aliphatic heterocycles. The van der Waals surface area contributed by atoms with Gasteiger partial charge in [0.15, 0.2) is 0 Å². The Hall–Kier alpha value is -1.00. The molecule has 1 atom stereocenters. The first kappa shape index (κ1) is 13.0. The molecule has 2 nitrogen and oxygen atoms in total. The van der Waals surface area contributed by atoms with Crippen LogP contribution < -0.4 is 5.56 Å². The number of hydrogen-bond donors (Lipinski definition) is 0. The van der Waals surface area contributed by atoms with Gasteiger partial charge in [0, 0.05) is 39.3 Å². The highest BCUT2D eigenvalue weighted by molar-refractivity contribution is 9.10. The van der Waals surface area contributed by atoms with E-state index in [0.717, 1.165) is 22.3 Å². The molecule has 1 aromatic carbocycles. The van der Waals surface area contributed by atoms with Gasteiger partial charge in [0.25, 0.3) is 5.56 Å². The zero-order valence-electron chi connectivity index (χ0n) is 10.6. The summed E-state index contributed by atoms with van der Waals surface area (Å²) in [5.74, 6) is 1.48. The number of aryl methyl sites for hydroxylation is 1. The molecule has 2 aromatic rings. The third-order valence-corrected chi connectivity index (χ3v) is 5.13. The summed E-state index contributed by atoms with van der Waals surface area (Å²) in [7, 11) is 0. The monoisotopic (exact) mass is 335 g/mol. The van der Waals surface area contributed by atoms with Crippen LogP contribution in [-0.4, -0.2) is 10.3 Å². The molecule has 0 spiro atoms. The van der Waals surface area contributed by atoms with Crippen LogP contribution in [0.1, 0.15) is 17.0 Å². The first-order valence-electron chi connectivity index (χ1n) is 6.23. The van der Waals surface area contributed by atoms with Crippen LogP contribution >= 0.6 is 27.7 Å². The lowest BCUT2D eigenvalue weighted by molar-refractivity contribution is 0.584. The van der Waals surface area contributed by atoms with E-state index < -0.39 is 0 Å². The molecule has 0 amide bonds. The summed E-state index contributed by atoms with van der Waals surface area (Å²) in [6.45, 7) is 2.62. The smallest absolute Gasteiger partial charge is 0.253 e. The molecule has 1 aromatic heterocycles. The number of hydrogen-bond acceptors (Lipinski definition) is 2. The number of rotatable bonds is 2. The molecule has 1 aliphatic rings. The van der Waals surface area contributed by atoms with Crippen molar-refractivity contribution < 1.29 is 0 Å². The van der Waals surface area contributed by atoms with Crippen LogP contribution in [-0.2, 0) is 6.54 Å². The first-order chi connectivity index (χ1) is 9.15. The minimum absolute atomic E-state index is 0.109. The molecule has 4 heteroatoms. The molecule has 0 bridgehead atoms. The fraction of sp³-hybridized carbons (Fsp3) is 0.267. The predicted octanol–water partition coefficient (Wildman–Crippen LogP) is 3.81. The number of halogens is 1. The number of benzene rings is 1. The quantitative estimate of drug-likeness (QED) is 0.832. The van der Waals surface area contributed by atoms with Crippen LogP contribution in [0.2, 0.25) is 0 Å². The van der Waals surface area contributed by atoms with Crippen molar-refractivity contribution in [1.82, 2.24) is 4.57 Å². The summed E-state index contributed by atoms with van der Waals surface area (Å²) >= 11 is 5.35.